The Morgan fingerprint density at radius 1 is 1.38 bits per heavy atom. The molecule has 2 aromatic heterocycles. The highest BCUT2D eigenvalue weighted by molar-refractivity contribution is 7.18. The molecule has 1 fully saturated rings. The van der Waals surface area contributed by atoms with Crippen molar-refractivity contribution in [2.45, 2.75) is 39.7 Å². The van der Waals surface area contributed by atoms with Crippen LogP contribution in [-0.2, 0) is 16.6 Å². The molecule has 0 radical (unpaired) electrons. The summed E-state index contributed by atoms with van der Waals surface area (Å²) in [6.45, 7) is 6.36. The first-order chi connectivity index (χ1) is 13.8. The molecule has 0 spiro atoms. The van der Waals surface area contributed by atoms with Crippen LogP contribution in [0.25, 0.3) is 0 Å². The number of nitrogens with zero attached hydrogens (tertiary/aromatic N) is 1. The number of thiophene rings is 1. The Balaban J connectivity index is 1.78. The molecule has 1 aliphatic heterocycles. The van der Waals surface area contributed by atoms with Crippen LogP contribution < -0.4 is 10.2 Å². The van der Waals surface area contributed by atoms with E-state index in [4.69, 9.17) is 4.74 Å². The Kier molecular flexibility index (Phi) is 6.54. The lowest BCUT2D eigenvalue weighted by Gasteiger charge is -2.21. The summed E-state index contributed by atoms with van der Waals surface area (Å²) in [7, 11) is 2.02. The maximum atomic E-state index is 12.8. The standard InChI is InChI=1S/C21H27N3O4S/c1-5-28-21(27)18-13(2)19(14(3)25)29-20(18)22-17(26)12-24-11-7-9-16(24)15-8-6-10-23(15)4/h6,8,10,16H,5,7,9,11-12H2,1-4H3,(H,22,26)/p+1/t16-/m0/s1. The van der Waals surface area contributed by atoms with Gasteiger partial charge in [0.05, 0.1) is 29.3 Å². The molecule has 0 aliphatic carbocycles. The first-order valence-electron chi connectivity index (χ1n) is 9.90. The Morgan fingerprint density at radius 2 is 2.14 bits per heavy atom. The Hall–Kier alpha value is -2.45. The Labute approximate surface area is 174 Å². The van der Waals surface area contributed by atoms with E-state index in [2.05, 4.69) is 16.0 Å². The van der Waals surface area contributed by atoms with Crippen LogP contribution >= 0.6 is 11.3 Å². The maximum Gasteiger partial charge on any atom is 0.341 e. The van der Waals surface area contributed by atoms with Crippen molar-refractivity contribution in [2.75, 3.05) is 25.0 Å². The SMILES string of the molecule is CCOC(=O)c1c(NC(=O)C[NH+]2CCC[C@H]2c2cccn2C)sc(C(C)=O)c1C. The van der Waals surface area contributed by atoms with Crippen LogP contribution in [0, 0.1) is 6.92 Å². The first-order valence-corrected chi connectivity index (χ1v) is 10.7. The molecule has 3 rings (SSSR count). The second-order valence-electron chi connectivity index (χ2n) is 7.41. The summed E-state index contributed by atoms with van der Waals surface area (Å²) in [6.07, 6.45) is 4.13. The maximum absolute atomic E-state index is 12.8. The zero-order chi connectivity index (χ0) is 21.1. The van der Waals surface area contributed by atoms with Gasteiger partial charge in [-0.3, -0.25) is 9.59 Å². The van der Waals surface area contributed by atoms with Gasteiger partial charge in [0.1, 0.15) is 11.0 Å². The molecular weight excluding hydrogens is 390 g/mol. The van der Waals surface area contributed by atoms with Crippen molar-refractivity contribution in [1.82, 2.24) is 4.57 Å². The number of anilines is 1. The highest BCUT2D eigenvalue weighted by Gasteiger charge is 2.33. The number of carbonyl (C=O) groups excluding carboxylic acids is 3. The third-order valence-corrected chi connectivity index (χ3v) is 6.72. The van der Waals surface area contributed by atoms with Crippen molar-refractivity contribution in [3.8, 4) is 0 Å². The van der Waals surface area contributed by atoms with Crippen molar-refractivity contribution in [2.24, 2.45) is 7.05 Å². The van der Waals surface area contributed by atoms with Crippen LogP contribution in [-0.4, -0.2) is 41.9 Å². The van der Waals surface area contributed by atoms with Gasteiger partial charge >= 0.3 is 5.97 Å². The normalized spacial score (nSPS) is 18.6. The molecule has 7 nitrogen and oxygen atoms in total. The van der Waals surface area contributed by atoms with Gasteiger partial charge < -0.3 is 19.5 Å². The molecule has 1 aliphatic rings. The van der Waals surface area contributed by atoms with Gasteiger partial charge in [0.15, 0.2) is 12.3 Å². The zero-order valence-corrected chi connectivity index (χ0v) is 18.1. The molecule has 29 heavy (non-hydrogen) atoms. The number of carbonyl (C=O) groups is 3. The predicted molar refractivity (Wildman–Crippen MR) is 112 cm³/mol. The number of amides is 1. The summed E-state index contributed by atoms with van der Waals surface area (Å²) in [5.41, 5.74) is 2.07. The van der Waals surface area contributed by atoms with E-state index in [1.807, 2.05) is 19.3 Å². The van der Waals surface area contributed by atoms with Crippen molar-refractivity contribution in [3.05, 3.63) is 40.0 Å². The number of likely N-dealkylation sites (tertiary alicyclic amines) is 1. The second kappa shape index (κ2) is 8.92. The van der Waals surface area contributed by atoms with Gasteiger partial charge in [0.25, 0.3) is 5.91 Å². The first kappa shape index (κ1) is 21.3. The molecule has 2 N–H and O–H groups in total. The minimum Gasteiger partial charge on any atom is -0.462 e. The fourth-order valence-electron chi connectivity index (χ4n) is 4.08. The fourth-order valence-corrected chi connectivity index (χ4v) is 5.19. The zero-order valence-electron chi connectivity index (χ0n) is 17.3. The number of aryl methyl sites for hydroxylation is 1. The molecule has 0 saturated carbocycles. The number of ether oxygens (including phenoxy) is 1. The Bertz CT molecular complexity index is 931. The van der Waals surface area contributed by atoms with E-state index in [1.165, 1.54) is 17.5 Å². The van der Waals surface area contributed by atoms with Crippen molar-refractivity contribution in [1.29, 1.82) is 0 Å². The van der Waals surface area contributed by atoms with E-state index in [9.17, 15) is 14.4 Å². The summed E-state index contributed by atoms with van der Waals surface area (Å²) in [5.74, 6) is -0.810. The number of quaternary nitrogens is 1. The van der Waals surface area contributed by atoms with Crippen LogP contribution in [0.3, 0.4) is 0 Å². The van der Waals surface area contributed by atoms with Gasteiger partial charge in [-0.15, -0.1) is 11.3 Å². The summed E-state index contributed by atoms with van der Waals surface area (Å²) in [5, 5.41) is 3.27. The fraction of sp³-hybridized carbons (Fsp3) is 0.476. The predicted octanol–water partition coefficient (Wildman–Crippen LogP) is 2.13. The average molecular weight is 419 g/mol. The average Bonchev–Trinajstić information content (AvgIpc) is 3.34. The second-order valence-corrected chi connectivity index (χ2v) is 8.43. The van der Waals surface area contributed by atoms with Crippen LogP contribution in [0.2, 0.25) is 0 Å². The third-order valence-electron chi connectivity index (χ3n) is 5.41. The molecule has 0 bridgehead atoms. The van der Waals surface area contributed by atoms with Crippen LogP contribution in [0.1, 0.15) is 64.0 Å². The van der Waals surface area contributed by atoms with Gasteiger partial charge in [-0.2, -0.15) is 0 Å². The molecule has 8 heteroatoms. The lowest BCUT2D eigenvalue weighted by molar-refractivity contribution is -0.910. The van der Waals surface area contributed by atoms with E-state index in [0.29, 0.717) is 22.0 Å². The molecule has 156 valence electrons. The third kappa shape index (κ3) is 4.43. The molecule has 1 unspecified atom stereocenters. The number of Topliss-reactive ketones (excluding diaryl/α,β-unsaturated/α-hetero) is 1. The topological polar surface area (TPSA) is 81.8 Å². The van der Waals surface area contributed by atoms with Crippen LogP contribution in [0.5, 0.6) is 0 Å². The van der Waals surface area contributed by atoms with Crippen LogP contribution in [0.15, 0.2) is 18.3 Å². The number of hydrogen-bond donors (Lipinski definition) is 2. The van der Waals surface area contributed by atoms with E-state index in [-0.39, 0.29) is 29.9 Å². The number of nitrogens with one attached hydrogen (secondary N) is 2. The van der Waals surface area contributed by atoms with Gasteiger partial charge in [-0.05, 0) is 38.5 Å². The highest BCUT2D eigenvalue weighted by atomic mass is 32.1. The number of rotatable bonds is 7. The number of aromatic nitrogens is 1. The van der Waals surface area contributed by atoms with E-state index in [0.717, 1.165) is 30.7 Å². The van der Waals surface area contributed by atoms with E-state index in [1.54, 1.807) is 13.8 Å². The molecule has 2 atom stereocenters. The summed E-state index contributed by atoms with van der Waals surface area (Å²) in [6, 6.07) is 4.41. The molecular formula is C21H28N3O4S+. The quantitative estimate of drug-likeness (QED) is 0.533. The number of hydrogen-bond acceptors (Lipinski definition) is 5. The minimum atomic E-state index is -0.515. The summed E-state index contributed by atoms with van der Waals surface area (Å²) < 4.78 is 7.24. The van der Waals surface area contributed by atoms with Gasteiger partial charge in [-0.1, -0.05) is 0 Å². The molecule has 3 heterocycles. The summed E-state index contributed by atoms with van der Waals surface area (Å²) >= 11 is 1.14. The molecule has 1 amide bonds. The molecule has 1 saturated heterocycles. The minimum absolute atomic E-state index is 0.132. The van der Waals surface area contributed by atoms with Crippen LogP contribution in [0.4, 0.5) is 5.00 Å². The smallest absolute Gasteiger partial charge is 0.341 e. The monoisotopic (exact) mass is 418 g/mol. The van der Waals surface area contributed by atoms with E-state index < -0.39 is 5.97 Å². The van der Waals surface area contributed by atoms with Gasteiger partial charge in [0.2, 0.25) is 0 Å². The lowest BCUT2D eigenvalue weighted by atomic mass is 10.1. The van der Waals surface area contributed by atoms with Gasteiger partial charge in [-0.25, -0.2) is 4.79 Å². The number of esters is 1. The highest BCUT2D eigenvalue weighted by Crippen LogP contribution is 2.34. The largest absolute Gasteiger partial charge is 0.462 e. The lowest BCUT2D eigenvalue weighted by Crippen LogP contribution is -3.11. The van der Waals surface area contributed by atoms with E-state index >= 15 is 0 Å². The van der Waals surface area contributed by atoms with Crippen molar-refractivity contribution >= 4 is 34.0 Å². The Morgan fingerprint density at radius 3 is 2.76 bits per heavy atom. The number of ketones is 1. The molecule has 0 aromatic carbocycles. The molecule has 2 aromatic rings. The summed E-state index contributed by atoms with van der Waals surface area (Å²) in [4.78, 5) is 38.8. The van der Waals surface area contributed by atoms with Crippen molar-refractivity contribution < 1.29 is 24.0 Å². The van der Waals surface area contributed by atoms with Crippen molar-refractivity contribution in [3.63, 3.8) is 0 Å². The van der Waals surface area contributed by atoms with Gasteiger partial charge in [0, 0.05) is 26.1 Å².